The van der Waals surface area contributed by atoms with Crippen molar-refractivity contribution < 1.29 is 14.6 Å². The van der Waals surface area contributed by atoms with Crippen LogP contribution in [0.25, 0.3) is 11.1 Å². The highest BCUT2D eigenvalue weighted by molar-refractivity contribution is 5.99. The number of phenols is 1. The van der Waals surface area contributed by atoms with Crippen LogP contribution < -0.4 is 10.1 Å². The van der Waals surface area contributed by atoms with E-state index in [0.717, 1.165) is 34.4 Å². The molecule has 0 spiro atoms. The Morgan fingerprint density at radius 3 is 2.36 bits per heavy atom. The van der Waals surface area contributed by atoms with E-state index in [1.807, 2.05) is 43.3 Å². The lowest BCUT2D eigenvalue weighted by Gasteiger charge is -2.18. The van der Waals surface area contributed by atoms with E-state index in [9.17, 15) is 9.90 Å². The molecule has 188 valence electrons. The van der Waals surface area contributed by atoms with Gasteiger partial charge in [0.05, 0.1) is 0 Å². The van der Waals surface area contributed by atoms with Gasteiger partial charge >= 0.3 is 0 Å². The number of allylic oxidation sites excluding steroid dienone is 1. The number of ether oxygens (including phenoxy) is 1. The van der Waals surface area contributed by atoms with E-state index in [2.05, 4.69) is 48.6 Å². The fraction of sp³-hybridized carbons (Fsp3) is 0.258. The Morgan fingerprint density at radius 1 is 1.00 bits per heavy atom. The smallest absolute Gasteiger partial charge is 0.245 e. The molecule has 0 heterocycles. The first-order valence-corrected chi connectivity index (χ1v) is 12.3. The van der Waals surface area contributed by atoms with Crippen LogP contribution in [0.1, 0.15) is 35.6 Å². The molecule has 0 saturated heterocycles. The predicted molar refractivity (Wildman–Crippen MR) is 148 cm³/mol. The van der Waals surface area contributed by atoms with Crippen LogP contribution in [0.4, 0.5) is 0 Å². The highest BCUT2D eigenvalue weighted by atomic mass is 16.5. The zero-order valence-corrected chi connectivity index (χ0v) is 21.6. The molecular formula is C31H36N2O3. The summed E-state index contributed by atoms with van der Waals surface area (Å²) in [6.07, 6.45) is 4.25. The molecule has 1 amide bonds. The van der Waals surface area contributed by atoms with Crippen LogP contribution in [0, 0.1) is 6.92 Å². The van der Waals surface area contributed by atoms with E-state index >= 15 is 0 Å². The van der Waals surface area contributed by atoms with Crippen molar-refractivity contribution >= 4 is 17.1 Å². The maximum absolute atomic E-state index is 11.5. The number of aromatic hydroxyl groups is 1. The summed E-state index contributed by atoms with van der Waals surface area (Å²) in [5, 5.41) is 13.2. The maximum Gasteiger partial charge on any atom is 0.245 e. The summed E-state index contributed by atoms with van der Waals surface area (Å²) in [6.45, 7) is 6.02. The summed E-state index contributed by atoms with van der Waals surface area (Å²) in [4.78, 5) is 13.1. The van der Waals surface area contributed by atoms with E-state index in [4.69, 9.17) is 4.74 Å². The Kier molecular flexibility index (Phi) is 9.90. The molecule has 0 atom stereocenters. The van der Waals surface area contributed by atoms with Gasteiger partial charge in [-0.15, -0.1) is 0 Å². The predicted octanol–water partition coefficient (Wildman–Crippen LogP) is 5.68. The SMILES string of the molecule is CCC(=C(c1ccc(OCCNCC=CC(=O)N(C)C)cc1)c1ccc(O)cc1C)c1ccccc1. The number of hydrogen-bond acceptors (Lipinski definition) is 4. The number of nitrogens with zero attached hydrogens (tertiary/aromatic N) is 1. The summed E-state index contributed by atoms with van der Waals surface area (Å²) in [5.41, 5.74) is 6.84. The van der Waals surface area contributed by atoms with Crippen molar-refractivity contribution in [3.05, 3.63) is 107 Å². The van der Waals surface area contributed by atoms with Gasteiger partial charge < -0.3 is 20.1 Å². The third-order valence-corrected chi connectivity index (χ3v) is 5.91. The maximum atomic E-state index is 11.5. The molecule has 0 saturated carbocycles. The fourth-order valence-corrected chi connectivity index (χ4v) is 4.04. The van der Waals surface area contributed by atoms with Crippen molar-refractivity contribution in [2.24, 2.45) is 0 Å². The second kappa shape index (κ2) is 13.3. The molecule has 2 N–H and O–H groups in total. The molecule has 0 radical (unpaired) electrons. The number of carbonyl (C=O) groups excluding carboxylic acids is 1. The molecule has 0 aliphatic heterocycles. The van der Waals surface area contributed by atoms with Gasteiger partial charge in [-0.3, -0.25) is 4.79 Å². The van der Waals surface area contributed by atoms with Gasteiger partial charge in [0.1, 0.15) is 18.1 Å². The van der Waals surface area contributed by atoms with Crippen LogP contribution in [0.15, 0.2) is 84.9 Å². The first kappa shape index (κ1) is 26.8. The number of phenolic OH excluding ortho intramolecular Hbond substituents is 1. The molecule has 0 unspecified atom stereocenters. The summed E-state index contributed by atoms with van der Waals surface area (Å²) in [7, 11) is 3.46. The minimum absolute atomic E-state index is 0.0254. The number of nitrogens with one attached hydrogen (secondary N) is 1. The Hall–Kier alpha value is -3.83. The van der Waals surface area contributed by atoms with Gasteiger partial charge in [-0.2, -0.15) is 0 Å². The van der Waals surface area contributed by atoms with E-state index < -0.39 is 0 Å². The molecule has 36 heavy (non-hydrogen) atoms. The number of rotatable bonds is 11. The first-order chi connectivity index (χ1) is 17.4. The number of carbonyl (C=O) groups is 1. The minimum atomic E-state index is -0.0254. The normalized spacial score (nSPS) is 11.9. The van der Waals surface area contributed by atoms with Crippen LogP contribution in [0.2, 0.25) is 0 Å². The van der Waals surface area contributed by atoms with Gasteiger partial charge in [0.2, 0.25) is 5.91 Å². The van der Waals surface area contributed by atoms with Crippen molar-refractivity contribution in [2.45, 2.75) is 20.3 Å². The highest BCUT2D eigenvalue weighted by Crippen LogP contribution is 2.37. The van der Waals surface area contributed by atoms with Crippen LogP contribution in [0.5, 0.6) is 11.5 Å². The average Bonchev–Trinajstić information content (AvgIpc) is 2.88. The zero-order chi connectivity index (χ0) is 25.9. The number of likely N-dealkylation sites (N-methyl/N-ethyl adjacent to an activating group) is 1. The molecule has 3 rings (SSSR count). The molecule has 0 fully saturated rings. The van der Waals surface area contributed by atoms with Crippen molar-refractivity contribution in [3.8, 4) is 11.5 Å². The number of benzene rings is 3. The molecule has 0 aliphatic rings. The van der Waals surface area contributed by atoms with E-state index in [1.54, 1.807) is 26.2 Å². The molecular weight excluding hydrogens is 448 g/mol. The Balaban J connectivity index is 1.75. The first-order valence-electron chi connectivity index (χ1n) is 12.3. The lowest BCUT2D eigenvalue weighted by Crippen LogP contribution is -2.22. The van der Waals surface area contributed by atoms with Crippen molar-refractivity contribution in [1.29, 1.82) is 0 Å². The van der Waals surface area contributed by atoms with Crippen LogP contribution >= 0.6 is 0 Å². The third-order valence-electron chi connectivity index (χ3n) is 5.91. The number of amides is 1. The van der Waals surface area contributed by atoms with Crippen molar-refractivity contribution in [1.82, 2.24) is 10.2 Å². The number of aryl methyl sites for hydroxylation is 1. The summed E-state index contributed by atoms with van der Waals surface area (Å²) >= 11 is 0. The Labute approximate surface area is 214 Å². The Bertz CT molecular complexity index is 1200. The van der Waals surface area contributed by atoms with Crippen LogP contribution in [-0.2, 0) is 4.79 Å². The van der Waals surface area contributed by atoms with E-state index in [1.165, 1.54) is 16.0 Å². The van der Waals surface area contributed by atoms with Gasteiger partial charge in [0.25, 0.3) is 0 Å². The largest absolute Gasteiger partial charge is 0.508 e. The molecule has 5 heteroatoms. The second-order valence-electron chi connectivity index (χ2n) is 8.78. The molecule has 0 aromatic heterocycles. The quantitative estimate of drug-likeness (QED) is 0.209. The highest BCUT2D eigenvalue weighted by Gasteiger charge is 2.15. The van der Waals surface area contributed by atoms with Crippen LogP contribution in [0.3, 0.4) is 0 Å². The van der Waals surface area contributed by atoms with Gasteiger partial charge in [-0.25, -0.2) is 0 Å². The lowest BCUT2D eigenvalue weighted by molar-refractivity contribution is -0.123. The average molecular weight is 485 g/mol. The van der Waals surface area contributed by atoms with Crippen molar-refractivity contribution in [2.75, 3.05) is 33.8 Å². The molecule has 3 aromatic carbocycles. The summed E-state index contributed by atoms with van der Waals surface area (Å²) in [6, 6.07) is 24.2. The molecule has 5 nitrogen and oxygen atoms in total. The topological polar surface area (TPSA) is 61.8 Å². The third kappa shape index (κ3) is 7.33. The van der Waals surface area contributed by atoms with Crippen LogP contribution in [-0.4, -0.2) is 49.7 Å². The second-order valence-corrected chi connectivity index (χ2v) is 8.78. The van der Waals surface area contributed by atoms with Crippen molar-refractivity contribution in [3.63, 3.8) is 0 Å². The molecule has 0 bridgehead atoms. The van der Waals surface area contributed by atoms with Gasteiger partial charge in [0.15, 0.2) is 0 Å². The monoisotopic (exact) mass is 484 g/mol. The van der Waals surface area contributed by atoms with Gasteiger partial charge in [-0.05, 0) is 71.0 Å². The molecule has 3 aromatic rings. The van der Waals surface area contributed by atoms with Gasteiger partial charge in [-0.1, -0.05) is 61.5 Å². The number of hydrogen-bond donors (Lipinski definition) is 2. The summed E-state index contributed by atoms with van der Waals surface area (Å²) < 4.78 is 5.91. The Morgan fingerprint density at radius 2 is 1.72 bits per heavy atom. The minimum Gasteiger partial charge on any atom is -0.508 e. The molecule has 0 aliphatic carbocycles. The van der Waals surface area contributed by atoms with E-state index in [0.29, 0.717) is 19.7 Å². The lowest BCUT2D eigenvalue weighted by atomic mass is 9.86. The zero-order valence-electron chi connectivity index (χ0n) is 21.6. The van der Waals surface area contributed by atoms with E-state index in [-0.39, 0.29) is 11.7 Å². The fourth-order valence-electron chi connectivity index (χ4n) is 4.04. The standard InChI is InChI=1S/C31H36N2O3/c1-5-28(24-10-7-6-8-11-24)31(29-18-15-26(34)22-23(29)2)25-13-16-27(17-14-25)36-21-20-32-19-9-12-30(35)33(3)4/h6-18,22,32,34H,5,19-21H2,1-4H3. The summed E-state index contributed by atoms with van der Waals surface area (Å²) in [5.74, 6) is 1.05. The van der Waals surface area contributed by atoms with Gasteiger partial charge in [0, 0.05) is 33.3 Å².